The number of nitrogens with one attached hydrogen (secondary N) is 2. The molecule has 5 rings (SSSR count). The topological polar surface area (TPSA) is 83.3 Å². The van der Waals surface area contributed by atoms with Crippen LogP contribution in [0.4, 0.5) is 23.5 Å². The van der Waals surface area contributed by atoms with Gasteiger partial charge in [-0.3, -0.25) is 0 Å². The van der Waals surface area contributed by atoms with Gasteiger partial charge in [-0.25, -0.2) is 5.43 Å². The van der Waals surface area contributed by atoms with Crippen LogP contribution in [-0.2, 0) is 6.54 Å². The fourth-order valence-electron chi connectivity index (χ4n) is 4.42. The first-order chi connectivity index (χ1) is 19.8. The molecule has 3 aromatic carbocycles. The molecular weight excluding hydrogens is 579 g/mol. The molecule has 2 aromatic heterocycles. The highest BCUT2D eigenvalue weighted by atomic mass is 35.5. The number of rotatable bonds is 10. The van der Waals surface area contributed by atoms with Gasteiger partial charge in [-0.15, -0.1) is 0 Å². The number of anilines is 4. The number of halogens is 3. The molecule has 0 saturated carbocycles. The first kappa shape index (κ1) is 28.7. The Kier molecular flexibility index (Phi) is 8.93. The standard InChI is InChI=1S/C30H29Cl3N8/c1-4-40(5-2)30-37-28(35-23-13-10-19(3)25(32)15-23)36-29(38-30)39-34-16-21-18-41(27-9-7-6-8-24(21)27)17-20-11-12-22(31)14-26(20)33/h6-16,18H,4-5,17H2,1-3H3,(H2,35,36,37,38,39)/b34-16-. The molecule has 2 N–H and O–H groups in total. The van der Waals surface area contributed by atoms with Gasteiger partial charge >= 0.3 is 0 Å². The van der Waals surface area contributed by atoms with E-state index in [2.05, 4.69) is 61.3 Å². The van der Waals surface area contributed by atoms with E-state index in [1.54, 1.807) is 12.3 Å². The van der Waals surface area contributed by atoms with Crippen LogP contribution >= 0.6 is 34.8 Å². The summed E-state index contributed by atoms with van der Waals surface area (Å²) in [6, 6.07) is 19.4. The lowest BCUT2D eigenvalue weighted by Gasteiger charge is -2.19. The van der Waals surface area contributed by atoms with Crippen LogP contribution in [0.1, 0.15) is 30.5 Å². The Labute approximate surface area is 254 Å². The third-order valence-corrected chi connectivity index (χ3v) is 7.64. The summed E-state index contributed by atoms with van der Waals surface area (Å²) in [5.74, 6) is 1.24. The molecule has 0 aliphatic carbocycles. The average molecular weight is 608 g/mol. The maximum Gasteiger partial charge on any atom is 0.250 e. The summed E-state index contributed by atoms with van der Waals surface area (Å²) >= 11 is 18.9. The lowest BCUT2D eigenvalue weighted by Crippen LogP contribution is -2.25. The number of aromatic nitrogens is 4. The van der Waals surface area contributed by atoms with Gasteiger partial charge in [0.25, 0.3) is 0 Å². The lowest BCUT2D eigenvalue weighted by atomic mass is 10.2. The monoisotopic (exact) mass is 606 g/mol. The van der Waals surface area contributed by atoms with Crippen molar-refractivity contribution in [2.45, 2.75) is 27.3 Å². The van der Waals surface area contributed by atoms with Crippen LogP contribution in [0.2, 0.25) is 15.1 Å². The first-order valence-corrected chi connectivity index (χ1v) is 14.3. The minimum absolute atomic E-state index is 0.315. The van der Waals surface area contributed by atoms with Crippen LogP contribution in [0.5, 0.6) is 0 Å². The second kappa shape index (κ2) is 12.8. The molecular formula is C30H29Cl3N8. The lowest BCUT2D eigenvalue weighted by molar-refractivity contribution is 0.814. The Morgan fingerprint density at radius 2 is 1.68 bits per heavy atom. The minimum atomic E-state index is 0.315. The predicted molar refractivity (Wildman–Crippen MR) is 172 cm³/mol. The molecule has 5 aromatic rings. The van der Waals surface area contributed by atoms with Gasteiger partial charge in [-0.2, -0.15) is 20.1 Å². The summed E-state index contributed by atoms with van der Waals surface area (Å²) in [6.45, 7) is 8.15. The van der Waals surface area contributed by atoms with Gasteiger partial charge in [-0.1, -0.05) is 65.1 Å². The second-order valence-corrected chi connectivity index (χ2v) is 10.6. The predicted octanol–water partition coefficient (Wildman–Crippen LogP) is 8.18. The quantitative estimate of drug-likeness (QED) is 0.123. The molecule has 210 valence electrons. The van der Waals surface area contributed by atoms with Crippen molar-refractivity contribution in [3.8, 4) is 0 Å². The van der Waals surface area contributed by atoms with Crippen molar-refractivity contribution in [1.82, 2.24) is 19.5 Å². The van der Waals surface area contributed by atoms with Crippen LogP contribution in [-0.4, -0.2) is 38.8 Å². The summed E-state index contributed by atoms with van der Waals surface area (Å²) in [6.07, 6.45) is 3.81. The zero-order chi connectivity index (χ0) is 28.9. The smallest absolute Gasteiger partial charge is 0.250 e. The Bertz CT molecular complexity index is 1710. The van der Waals surface area contributed by atoms with Gasteiger partial charge in [-0.05, 0) is 62.2 Å². The number of hydrazone groups is 1. The van der Waals surface area contributed by atoms with Crippen molar-refractivity contribution in [1.29, 1.82) is 0 Å². The highest BCUT2D eigenvalue weighted by molar-refractivity contribution is 6.35. The summed E-state index contributed by atoms with van der Waals surface area (Å²) in [5, 5.41) is 10.7. The first-order valence-electron chi connectivity index (χ1n) is 13.2. The fraction of sp³-hybridized carbons (Fsp3) is 0.200. The fourth-order valence-corrected chi connectivity index (χ4v) is 5.07. The third-order valence-electron chi connectivity index (χ3n) is 6.64. The van der Waals surface area contributed by atoms with E-state index in [0.717, 1.165) is 46.4 Å². The summed E-state index contributed by atoms with van der Waals surface area (Å²) < 4.78 is 2.14. The maximum atomic E-state index is 6.45. The molecule has 0 atom stereocenters. The van der Waals surface area contributed by atoms with Crippen LogP contribution < -0.4 is 15.6 Å². The SMILES string of the molecule is CCN(CC)c1nc(N/N=C\c2cn(Cc3ccc(Cl)cc3Cl)c3ccccc23)nc(Nc2ccc(C)c(Cl)c2)n1. The van der Waals surface area contributed by atoms with Crippen molar-refractivity contribution < 1.29 is 0 Å². The molecule has 8 nitrogen and oxygen atoms in total. The molecule has 0 unspecified atom stereocenters. The van der Waals surface area contributed by atoms with Crippen LogP contribution in [0.25, 0.3) is 10.9 Å². The van der Waals surface area contributed by atoms with E-state index in [1.807, 2.05) is 60.5 Å². The van der Waals surface area contributed by atoms with Crippen LogP contribution in [0, 0.1) is 6.92 Å². The highest BCUT2D eigenvalue weighted by Gasteiger charge is 2.13. The van der Waals surface area contributed by atoms with E-state index in [9.17, 15) is 0 Å². The van der Waals surface area contributed by atoms with E-state index in [4.69, 9.17) is 34.8 Å². The second-order valence-electron chi connectivity index (χ2n) is 9.38. The van der Waals surface area contributed by atoms with Crippen molar-refractivity contribution in [2.75, 3.05) is 28.7 Å². The zero-order valence-corrected chi connectivity index (χ0v) is 25.1. The number of benzene rings is 3. The van der Waals surface area contributed by atoms with Gasteiger partial charge in [0.2, 0.25) is 17.8 Å². The Morgan fingerprint density at radius 3 is 2.44 bits per heavy atom. The number of para-hydroxylation sites is 1. The molecule has 0 amide bonds. The van der Waals surface area contributed by atoms with Crippen molar-refractivity contribution in [2.24, 2.45) is 5.10 Å². The molecule has 41 heavy (non-hydrogen) atoms. The minimum Gasteiger partial charge on any atom is -0.342 e. The van der Waals surface area contributed by atoms with Crippen LogP contribution in [0.15, 0.2) is 72.0 Å². The molecule has 0 fully saturated rings. The Morgan fingerprint density at radius 1 is 0.902 bits per heavy atom. The number of hydrogen-bond donors (Lipinski definition) is 2. The van der Waals surface area contributed by atoms with Gasteiger partial charge in [0.1, 0.15) is 0 Å². The summed E-state index contributed by atoms with van der Waals surface area (Å²) in [4.78, 5) is 15.8. The Hall–Kier alpha value is -3.85. The Balaban J connectivity index is 1.42. The van der Waals surface area contributed by atoms with Crippen molar-refractivity contribution in [3.63, 3.8) is 0 Å². The summed E-state index contributed by atoms with van der Waals surface area (Å²) in [5.41, 5.74) is 7.73. The molecule has 11 heteroatoms. The van der Waals surface area contributed by atoms with Crippen molar-refractivity contribution in [3.05, 3.63) is 98.6 Å². The maximum absolute atomic E-state index is 6.45. The number of fused-ring (bicyclic) bond motifs is 1. The average Bonchev–Trinajstić information content (AvgIpc) is 3.30. The zero-order valence-electron chi connectivity index (χ0n) is 22.9. The van der Waals surface area contributed by atoms with E-state index in [1.165, 1.54) is 0 Å². The highest BCUT2D eigenvalue weighted by Crippen LogP contribution is 2.26. The summed E-state index contributed by atoms with van der Waals surface area (Å²) in [7, 11) is 0. The van der Waals surface area contributed by atoms with E-state index >= 15 is 0 Å². The van der Waals surface area contributed by atoms with Gasteiger partial charge in [0.15, 0.2) is 0 Å². The van der Waals surface area contributed by atoms with E-state index in [0.29, 0.717) is 39.5 Å². The van der Waals surface area contributed by atoms with Gasteiger partial charge < -0.3 is 14.8 Å². The molecule has 0 saturated heterocycles. The number of aryl methyl sites for hydroxylation is 1. The molecule has 0 aliphatic rings. The molecule has 2 heterocycles. The number of nitrogens with zero attached hydrogens (tertiary/aromatic N) is 6. The van der Waals surface area contributed by atoms with E-state index < -0.39 is 0 Å². The van der Waals surface area contributed by atoms with Gasteiger partial charge in [0.05, 0.1) is 6.21 Å². The third kappa shape index (κ3) is 6.73. The van der Waals surface area contributed by atoms with Crippen LogP contribution in [0.3, 0.4) is 0 Å². The number of hydrogen-bond acceptors (Lipinski definition) is 7. The van der Waals surface area contributed by atoms with E-state index in [-0.39, 0.29) is 0 Å². The normalized spacial score (nSPS) is 11.4. The van der Waals surface area contributed by atoms with Crippen molar-refractivity contribution >= 4 is 75.5 Å². The van der Waals surface area contributed by atoms with Gasteiger partial charge in [0, 0.05) is 63.1 Å². The molecule has 0 bridgehead atoms. The largest absolute Gasteiger partial charge is 0.342 e. The molecule has 0 radical (unpaired) electrons. The molecule has 0 aliphatic heterocycles. The molecule has 0 spiro atoms.